The van der Waals surface area contributed by atoms with E-state index in [0.29, 0.717) is 11.4 Å². The van der Waals surface area contributed by atoms with Crippen LogP contribution in [0.25, 0.3) is 5.82 Å². The third kappa shape index (κ3) is 2.87. The molecule has 0 bridgehead atoms. The molecule has 0 aliphatic heterocycles. The summed E-state index contributed by atoms with van der Waals surface area (Å²) in [5.41, 5.74) is 1.12. The number of aryl methyl sites for hydroxylation is 1. The molecule has 0 radical (unpaired) electrons. The number of urea groups is 1. The third-order valence-electron chi connectivity index (χ3n) is 2.83. The van der Waals surface area contributed by atoms with E-state index in [0.717, 1.165) is 5.69 Å². The molecule has 0 spiro atoms. The molecule has 2 amide bonds. The molecule has 0 aliphatic carbocycles. The van der Waals surface area contributed by atoms with Gasteiger partial charge in [-0.25, -0.2) is 9.78 Å². The van der Waals surface area contributed by atoms with Gasteiger partial charge in [0.05, 0.1) is 12.1 Å². The van der Waals surface area contributed by atoms with Crippen molar-refractivity contribution in [2.75, 3.05) is 14.1 Å². The molecule has 0 aliphatic rings. The molecule has 0 saturated heterocycles. The van der Waals surface area contributed by atoms with Gasteiger partial charge in [0.25, 0.3) is 0 Å². The fraction of sp³-hybridized carbons (Fsp3) is 0.308. The van der Waals surface area contributed by atoms with Crippen LogP contribution in [0.1, 0.15) is 11.3 Å². The van der Waals surface area contributed by atoms with Crippen molar-refractivity contribution in [2.24, 2.45) is 0 Å². The minimum atomic E-state index is -0.249. The largest absolute Gasteiger partial charge is 0.345 e. The Hall–Kier alpha value is -2.57. The average molecular weight is 275 g/mol. The van der Waals surface area contributed by atoms with Crippen LogP contribution in [0.4, 0.5) is 4.79 Å². The summed E-state index contributed by atoms with van der Waals surface area (Å²) in [6.45, 7) is 1.96. The molecule has 0 unspecified atom stereocenters. The maximum atomic E-state index is 12.1. The Bertz CT molecular complexity index is 658. The van der Waals surface area contributed by atoms with Gasteiger partial charge < -0.3 is 15.2 Å². The van der Waals surface area contributed by atoms with Gasteiger partial charge in [0.1, 0.15) is 12.1 Å². The number of hydrogen-bond donors (Lipinski definition) is 2. The van der Waals surface area contributed by atoms with Crippen LogP contribution in [0.5, 0.6) is 0 Å². The highest BCUT2D eigenvalue weighted by molar-refractivity contribution is 5.73. The number of H-pyrrole nitrogens is 1. The summed E-state index contributed by atoms with van der Waals surface area (Å²) in [7, 11) is 3.29. The zero-order valence-corrected chi connectivity index (χ0v) is 11.7. The Morgan fingerprint density at radius 2 is 2.25 bits per heavy atom. The van der Waals surface area contributed by atoms with Crippen molar-refractivity contribution < 1.29 is 4.79 Å². The number of pyridine rings is 1. The van der Waals surface area contributed by atoms with Crippen molar-refractivity contribution in [2.45, 2.75) is 13.5 Å². The molecule has 0 aromatic carbocycles. The maximum Gasteiger partial charge on any atom is 0.317 e. The van der Waals surface area contributed by atoms with E-state index in [2.05, 4.69) is 15.3 Å². The monoisotopic (exact) mass is 275 g/mol. The molecule has 0 atom stereocenters. The highest BCUT2D eigenvalue weighted by atomic mass is 16.2. The second-order valence-electron chi connectivity index (χ2n) is 4.67. The SMILES string of the molecule is Cc1cc(=O)c(CNC(=O)N(C)C)c(-n2ccnc2)[nH]1. The van der Waals surface area contributed by atoms with Gasteiger partial charge in [0, 0.05) is 38.2 Å². The first-order valence-electron chi connectivity index (χ1n) is 6.15. The van der Waals surface area contributed by atoms with E-state index >= 15 is 0 Å². The normalized spacial score (nSPS) is 10.3. The predicted octanol–water partition coefficient (Wildman–Crippen LogP) is 0.640. The van der Waals surface area contributed by atoms with Crippen LogP contribution >= 0.6 is 0 Å². The van der Waals surface area contributed by atoms with E-state index in [1.165, 1.54) is 11.0 Å². The summed E-state index contributed by atoms with van der Waals surface area (Å²) < 4.78 is 1.71. The van der Waals surface area contributed by atoms with Gasteiger partial charge in [-0.05, 0) is 6.92 Å². The smallest absolute Gasteiger partial charge is 0.317 e. The zero-order valence-electron chi connectivity index (χ0n) is 11.7. The molecule has 7 heteroatoms. The lowest BCUT2D eigenvalue weighted by Crippen LogP contribution is -2.35. The Kier molecular flexibility index (Phi) is 3.88. The molecule has 2 aromatic heterocycles. The molecule has 0 saturated carbocycles. The number of nitrogens with one attached hydrogen (secondary N) is 2. The number of hydrogen-bond acceptors (Lipinski definition) is 3. The molecule has 20 heavy (non-hydrogen) atoms. The van der Waals surface area contributed by atoms with Gasteiger partial charge in [-0.1, -0.05) is 0 Å². The number of carbonyl (C=O) groups excluding carboxylic acids is 1. The topological polar surface area (TPSA) is 83.0 Å². The summed E-state index contributed by atoms with van der Waals surface area (Å²) in [6, 6.07) is 1.26. The Labute approximate surface area is 116 Å². The van der Waals surface area contributed by atoms with E-state index in [4.69, 9.17) is 0 Å². The number of rotatable bonds is 3. The van der Waals surface area contributed by atoms with E-state index in [-0.39, 0.29) is 18.0 Å². The lowest BCUT2D eigenvalue weighted by molar-refractivity contribution is 0.217. The number of imidazole rings is 1. The van der Waals surface area contributed by atoms with Gasteiger partial charge in [0.2, 0.25) is 0 Å². The van der Waals surface area contributed by atoms with Crippen LogP contribution in [-0.4, -0.2) is 39.6 Å². The van der Waals surface area contributed by atoms with Crippen LogP contribution in [0.2, 0.25) is 0 Å². The summed E-state index contributed by atoms with van der Waals surface area (Å²) in [5.74, 6) is 0.617. The first-order valence-corrected chi connectivity index (χ1v) is 6.15. The molecule has 2 aromatic rings. The van der Waals surface area contributed by atoms with E-state index in [1.807, 2.05) is 6.92 Å². The van der Waals surface area contributed by atoms with Crippen LogP contribution in [0.3, 0.4) is 0 Å². The third-order valence-corrected chi connectivity index (χ3v) is 2.83. The summed E-state index contributed by atoms with van der Waals surface area (Å²) in [6.07, 6.45) is 4.97. The highest BCUT2D eigenvalue weighted by Gasteiger charge is 2.12. The van der Waals surface area contributed by atoms with E-state index in [9.17, 15) is 9.59 Å². The van der Waals surface area contributed by atoms with Crippen LogP contribution in [-0.2, 0) is 6.54 Å². The molecule has 2 N–H and O–H groups in total. The standard InChI is InChI=1S/C13H17N5O2/c1-9-6-11(19)10(7-15-13(20)17(2)3)12(16-9)18-5-4-14-8-18/h4-6,8H,7H2,1-3H3,(H,15,20)(H,16,19). The van der Waals surface area contributed by atoms with Crippen molar-refractivity contribution in [1.29, 1.82) is 0 Å². The summed E-state index contributed by atoms with van der Waals surface area (Å²) in [4.78, 5) is 32.2. The summed E-state index contributed by atoms with van der Waals surface area (Å²) in [5, 5.41) is 2.69. The number of aromatic amines is 1. The van der Waals surface area contributed by atoms with Gasteiger partial charge in [-0.15, -0.1) is 0 Å². The second-order valence-corrected chi connectivity index (χ2v) is 4.67. The molecule has 0 fully saturated rings. The molecule has 2 heterocycles. The first-order chi connectivity index (χ1) is 9.49. The second kappa shape index (κ2) is 5.60. The van der Waals surface area contributed by atoms with Crippen LogP contribution in [0, 0.1) is 6.92 Å². The molecule has 106 valence electrons. The molecular weight excluding hydrogens is 258 g/mol. The average Bonchev–Trinajstić information content (AvgIpc) is 2.90. The van der Waals surface area contributed by atoms with Gasteiger partial charge in [-0.2, -0.15) is 0 Å². The number of aromatic nitrogens is 3. The fourth-order valence-electron chi connectivity index (χ4n) is 1.80. The predicted molar refractivity (Wildman–Crippen MR) is 74.8 cm³/mol. The van der Waals surface area contributed by atoms with E-state index < -0.39 is 0 Å². The lowest BCUT2D eigenvalue weighted by atomic mass is 10.2. The summed E-state index contributed by atoms with van der Waals surface area (Å²) >= 11 is 0. The zero-order chi connectivity index (χ0) is 14.7. The Morgan fingerprint density at radius 3 is 2.85 bits per heavy atom. The number of carbonyl (C=O) groups is 1. The molecular formula is C13H17N5O2. The van der Waals surface area contributed by atoms with Crippen molar-refractivity contribution >= 4 is 6.03 Å². The Balaban J connectivity index is 2.37. The first kappa shape index (κ1) is 13.9. The van der Waals surface area contributed by atoms with Gasteiger partial charge in [-0.3, -0.25) is 9.36 Å². The minimum absolute atomic E-state index is 0.121. The van der Waals surface area contributed by atoms with Crippen LogP contribution in [0.15, 0.2) is 29.6 Å². The lowest BCUT2D eigenvalue weighted by Gasteiger charge is -2.14. The van der Waals surface area contributed by atoms with Gasteiger partial charge in [0.15, 0.2) is 5.43 Å². The fourth-order valence-corrected chi connectivity index (χ4v) is 1.80. The van der Waals surface area contributed by atoms with Crippen molar-refractivity contribution in [3.05, 3.63) is 46.3 Å². The maximum absolute atomic E-state index is 12.1. The molecule has 2 rings (SSSR count). The van der Waals surface area contributed by atoms with Crippen molar-refractivity contribution in [3.8, 4) is 5.82 Å². The Morgan fingerprint density at radius 1 is 1.50 bits per heavy atom. The minimum Gasteiger partial charge on any atom is -0.345 e. The van der Waals surface area contributed by atoms with Crippen LogP contribution < -0.4 is 10.7 Å². The quantitative estimate of drug-likeness (QED) is 0.862. The number of amides is 2. The van der Waals surface area contributed by atoms with Crippen molar-refractivity contribution in [1.82, 2.24) is 24.8 Å². The highest BCUT2D eigenvalue weighted by Crippen LogP contribution is 2.08. The van der Waals surface area contributed by atoms with Gasteiger partial charge >= 0.3 is 6.03 Å². The number of nitrogens with zero attached hydrogens (tertiary/aromatic N) is 3. The van der Waals surface area contributed by atoms with E-state index in [1.54, 1.807) is 37.4 Å². The molecule has 7 nitrogen and oxygen atoms in total. The van der Waals surface area contributed by atoms with Crippen molar-refractivity contribution in [3.63, 3.8) is 0 Å².